The Hall–Kier alpha value is -2.98. The summed E-state index contributed by atoms with van der Waals surface area (Å²) in [6.45, 7) is 3.01. The van der Waals surface area contributed by atoms with Gasteiger partial charge in [-0.2, -0.15) is 4.31 Å². The number of fused-ring (bicyclic) bond motifs is 1. The summed E-state index contributed by atoms with van der Waals surface area (Å²) in [5, 5.41) is 5.31. The van der Waals surface area contributed by atoms with E-state index in [0.29, 0.717) is 31.0 Å². The van der Waals surface area contributed by atoms with Crippen molar-refractivity contribution in [1.29, 1.82) is 0 Å². The molecule has 0 aromatic heterocycles. The number of benzene rings is 2. The molecule has 1 fully saturated rings. The average Bonchev–Trinajstić information content (AvgIpc) is 2.80. The molecule has 0 spiro atoms. The number of ether oxygens (including phenoxy) is 1. The predicted molar refractivity (Wildman–Crippen MR) is 121 cm³/mol. The number of rotatable bonds is 6. The Labute approximate surface area is 192 Å². The Morgan fingerprint density at radius 1 is 1.18 bits per heavy atom. The molecule has 33 heavy (non-hydrogen) atoms. The molecule has 0 saturated carbocycles. The highest BCUT2D eigenvalue weighted by Crippen LogP contribution is 2.36. The smallest absolute Gasteiger partial charge is 0.243 e. The monoisotopic (exact) mass is 475 g/mol. The zero-order valence-electron chi connectivity index (χ0n) is 18.3. The van der Waals surface area contributed by atoms with Crippen LogP contribution < -0.4 is 15.4 Å². The van der Waals surface area contributed by atoms with Gasteiger partial charge in [0, 0.05) is 25.2 Å². The summed E-state index contributed by atoms with van der Waals surface area (Å²) < 4.78 is 46.9. The first-order chi connectivity index (χ1) is 15.8. The number of carbonyl (C=O) groups is 2. The highest BCUT2D eigenvalue weighted by atomic mass is 32.2. The van der Waals surface area contributed by atoms with Crippen LogP contribution in [0.25, 0.3) is 0 Å². The Bertz CT molecular complexity index is 1180. The molecule has 2 aromatic rings. The van der Waals surface area contributed by atoms with Crippen molar-refractivity contribution in [2.24, 2.45) is 0 Å². The van der Waals surface area contributed by atoms with E-state index in [0.717, 1.165) is 19.3 Å². The van der Waals surface area contributed by atoms with Gasteiger partial charge < -0.3 is 15.4 Å². The summed E-state index contributed by atoms with van der Waals surface area (Å²) in [6.07, 6.45) is 2.50. The predicted octanol–water partition coefficient (Wildman–Crippen LogP) is 3.46. The number of hydrogen-bond acceptors (Lipinski definition) is 5. The first-order valence-electron chi connectivity index (χ1n) is 11.0. The molecule has 8 nitrogen and oxygen atoms in total. The second-order valence-electron chi connectivity index (χ2n) is 8.08. The summed E-state index contributed by atoms with van der Waals surface area (Å²) in [5.74, 6) is -1.97. The van der Waals surface area contributed by atoms with Crippen LogP contribution in [0.15, 0.2) is 41.3 Å². The van der Waals surface area contributed by atoms with Gasteiger partial charge in [0.15, 0.2) is 0 Å². The lowest BCUT2D eigenvalue weighted by Gasteiger charge is -2.27. The third-order valence-electron chi connectivity index (χ3n) is 5.83. The summed E-state index contributed by atoms with van der Waals surface area (Å²) in [4.78, 5) is 25.4. The molecule has 0 aliphatic carbocycles. The van der Waals surface area contributed by atoms with Crippen LogP contribution in [-0.2, 0) is 19.6 Å². The van der Waals surface area contributed by atoms with Gasteiger partial charge in [0.2, 0.25) is 21.8 Å². The van der Waals surface area contributed by atoms with Crippen molar-refractivity contribution in [3.8, 4) is 5.75 Å². The molecule has 0 bridgehead atoms. The maximum atomic E-state index is 13.6. The number of nitrogens with one attached hydrogen (secondary N) is 2. The summed E-state index contributed by atoms with van der Waals surface area (Å²) in [5.41, 5.74) is 0.941. The lowest BCUT2D eigenvalue weighted by Crippen LogP contribution is -2.35. The molecule has 1 atom stereocenters. The topological polar surface area (TPSA) is 105 Å². The molecule has 2 amide bonds. The number of anilines is 2. The standard InChI is InChI=1S/C23H26FN3O5S/c1-2-32-21-9-7-16(33(30,31)27-10-4-3-5-11-27)13-20(21)26-23(29)18-14-22(28)25-19-12-15(24)6-8-17(18)19/h6-9,12-13,18H,2-5,10-11,14H2,1H3,(H,25,28)(H,26,29). The van der Waals surface area contributed by atoms with Gasteiger partial charge in [0.1, 0.15) is 11.6 Å². The SMILES string of the molecule is CCOc1ccc(S(=O)(=O)N2CCCCC2)cc1NC(=O)C1CC(=O)Nc2cc(F)ccc21. The second kappa shape index (κ2) is 9.48. The minimum absolute atomic E-state index is 0.0620. The fraction of sp³-hybridized carbons (Fsp3) is 0.391. The van der Waals surface area contributed by atoms with Gasteiger partial charge in [-0.05, 0) is 55.7 Å². The van der Waals surface area contributed by atoms with Crippen LogP contribution in [0, 0.1) is 5.82 Å². The number of piperidine rings is 1. The van der Waals surface area contributed by atoms with E-state index < -0.39 is 33.6 Å². The lowest BCUT2D eigenvalue weighted by molar-refractivity contribution is -0.123. The van der Waals surface area contributed by atoms with E-state index in [1.54, 1.807) is 6.92 Å². The van der Waals surface area contributed by atoms with Gasteiger partial charge in [-0.3, -0.25) is 9.59 Å². The Kier molecular flexibility index (Phi) is 6.66. The highest BCUT2D eigenvalue weighted by Gasteiger charge is 2.32. The summed E-state index contributed by atoms with van der Waals surface area (Å²) in [7, 11) is -3.72. The van der Waals surface area contributed by atoms with E-state index >= 15 is 0 Å². The zero-order chi connectivity index (χ0) is 23.6. The number of halogens is 1. The molecule has 0 radical (unpaired) electrons. The van der Waals surface area contributed by atoms with Gasteiger partial charge >= 0.3 is 0 Å². The molecule has 2 aromatic carbocycles. The molecule has 2 heterocycles. The van der Waals surface area contributed by atoms with E-state index in [1.165, 1.54) is 40.7 Å². The number of hydrogen-bond donors (Lipinski definition) is 2. The molecule has 2 aliphatic rings. The third-order valence-corrected chi connectivity index (χ3v) is 7.73. The van der Waals surface area contributed by atoms with Gasteiger partial charge in [0.05, 0.1) is 23.1 Å². The summed E-state index contributed by atoms with van der Waals surface area (Å²) in [6, 6.07) is 8.25. The van der Waals surface area contributed by atoms with Crippen molar-refractivity contribution in [1.82, 2.24) is 4.31 Å². The first kappa shape index (κ1) is 23.2. The van der Waals surface area contributed by atoms with Crippen molar-refractivity contribution < 1.29 is 27.1 Å². The quantitative estimate of drug-likeness (QED) is 0.666. The van der Waals surface area contributed by atoms with Gasteiger partial charge in [-0.15, -0.1) is 0 Å². The van der Waals surface area contributed by atoms with Crippen molar-refractivity contribution in [3.05, 3.63) is 47.8 Å². The van der Waals surface area contributed by atoms with E-state index in [9.17, 15) is 22.4 Å². The first-order valence-corrected chi connectivity index (χ1v) is 12.4. The van der Waals surface area contributed by atoms with Crippen molar-refractivity contribution in [2.75, 3.05) is 30.3 Å². The average molecular weight is 476 g/mol. The number of amides is 2. The highest BCUT2D eigenvalue weighted by molar-refractivity contribution is 7.89. The van der Waals surface area contributed by atoms with Crippen LogP contribution in [0.3, 0.4) is 0 Å². The second-order valence-corrected chi connectivity index (χ2v) is 10.0. The lowest BCUT2D eigenvalue weighted by atomic mass is 9.89. The van der Waals surface area contributed by atoms with Gasteiger partial charge in [0.25, 0.3) is 0 Å². The van der Waals surface area contributed by atoms with E-state index in [4.69, 9.17) is 4.74 Å². The van der Waals surface area contributed by atoms with Gasteiger partial charge in [-0.25, -0.2) is 12.8 Å². The third kappa shape index (κ3) is 4.86. The maximum Gasteiger partial charge on any atom is 0.243 e. The van der Waals surface area contributed by atoms with E-state index in [2.05, 4.69) is 10.6 Å². The Morgan fingerprint density at radius 2 is 1.94 bits per heavy atom. The molecular weight excluding hydrogens is 449 g/mol. The molecule has 4 rings (SSSR count). The number of sulfonamides is 1. The van der Waals surface area contributed by atoms with Gasteiger partial charge in [-0.1, -0.05) is 12.5 Å². The van der Waals surface area contributed by atoms with Crippen LogP contribution in [-0.4, -0.2) is 44.2 Å². The van der Waals surface area contributed by atoms with E-state index in [1.807, 2.05) is 0 Å². The minimum Gasteiger partial charge on any atom is -0.492 e. The van der Waals surface area contributed by atoms with Crippen molar-refractivity contribution in [2.45, 2.75) is 43.4 Å². The molecule has 176 valence electrons. The number of carbonyl (C=O) groups excluding carboxylic acids is 2. The fourth-order valence-corrected chi connectivity index (χ4v) is 5.74. The molecule has 1 unspecified atom stereocenters. The fourth-order valence-electron chi connectivity index (χ4n) is 4.19. The van der Waals surface area contributed by atoms with Crippen LogP contribution >= 0.6 is 0 Å². The minimum atomic E-state index is -3.72. The van der Waals surface area contributed by atoms with Crippen LogP contribution in [0.1, 0.15) is 44.1 Å². The molecule has 2 N–H and O–H groups in total. The van der Waals surface area contributed by atoms with Crippen molar-refractivity contribution in [3.63, 3.8) is 0 Å². The van der Waals surface area contributed by atoms with Crippen LogP contribution in [0.5, 0.6) is 5.75 Å². The van der Waals surface area contributed by atoms with E-state index in [-0.39, 0.29) is 22.7 Å². The number of nitrogens with zero attached hydrogens (tertiary/aromatic N) is 1. The van der Waals surface area contributed by atoms with Crippen LogP contribution in [0.2, 0.25) is 0 Å². The normalized spacial score (nSPS) is 18.8. The zero-order valence-corrected chi connectivity index (χ0v) is 19.1. The van der Waals surface area contributed by atoms with Crippen molar-refractivity contribution >= 4 is 33.2 Å². The largest absolute Gasteiger partial charge is 0.492 e. The summed E-state index contributed by atoms with van der Waals surface area (Å²) >= 11 is 0. The molecule has 10 heteroatoms. The van der Waals surface area contributed by atoms with Crippen LogP contribution in [0.4, 0.5) is 15.8 Å². The Balaban J connectivity index is 1.65. The molecular formula is C23H26FN3O5S. The molecule has 1 saturated heterocycles. The Morgan fingerprint density at radius 3 is 2.67 bits per heavy atom. The maximum absolute atomic E-state index is 13.6. The molecule has 2 aliphatic heterocycles.